The standard InChI is InChI=1S/C16H22BrNO2/c1-10(2)14-12(11-4-5-18-9-11)8-13(17)15-16(14)20-7-3-6-19-15/h8,10-11,18H,3-7,9H2,1-2H3. The van der Waals surface area contributed by atoms with E-state index in [9.17, 15) is 0 Å². The molecule has 0 amide bonds. The van der Waals surface area contributed by atoms with Gasteiger partial charge in [-0.25, -0.2) is 0 Å². The van der Waals surface area contributed by atoms with Gasteiger partial charge in [-0.15, -0.1) is 0 Å². The van der Waals surface area contributed by atoms with E-state index in [-0.39, 0.29) is 0 Å². The molecule has 2 aliphatic rings. The van der Waals surface area contributed by atoms with Crippen molar-refractivity contribution in [3.8, 4) is 11.5 Å². The molecule has 0 radical (unpaired) electrons. The largest absolute Gasteiger partial charge is 0.489 e. The first-order chi connectivity index (χ1) is 9.68. The Balaban J connectivity index is 2.14. The van der Waals surface area contributed by atoms with E-state index in [4.69, 9.17) is 9.47 Å². The fourth-order valence-corrected chi connectivity index (χ4v) is 3.72. The van der Waals surface area contributed by atoms with Gasteiger partial charge in [0.25, 0.3) is 0 Å². The van der Waals surface area contributed by atoms with Crippen LogP contribution in [0.1, 0.15) is 49.7 Å². The maximum atomic E-state index is 6.05. The van der Waals surface area contributed by atoms with Gasteiger partial charge in [0.05, 0.1) is 17.7 Å². The zero-order valence-corrected chi connectivity index (χ0v) is 13.8. The molecular formula is C16H22BrNO2. The molecule has 3 rings (SSSR count). The number of benzene rings is 1. The van der Waals surface area contributed by atoms with Gasteiger partial charge >= 0.3 is 0 Å². The summed E-state index contributed by atoms with van der Waals surface area (Å²) in [7, 11) is 0. The van der Waals surface area contributed by atoms with Crippen LogP contribution >= 0.6 is 15.9 Å². The Morgan fingerprint density at radius 2 is 2.00 bits per heavy atom. The molecule has 1 unspecified atom stereocenters. The van der Waals surface area contributed by atoms with Crippen LogP contribution in [0.4, 0.5) is 0 Å². The van der Waals surface area contributed by atoms with E-state index < -0.39 is 0 Å². The second-order valence-electron chi connectivity index (χ2n) is 5.91. The Labute approximate surface area is 129 Å². The van der Waals surface area contributed by atoms with Crippen molar-refractivity contribution in [1.82, 2.24) is 5.32 Å². The molecule has 2 heterocycles. The number of ether oxygens (including phenoxy) is 2. The van der Waals surface area contributed by atoms with E-state index in [2.05, 4.69) is 41.2 Å². The zero-order chi connectivity index (χ0) is 14.1. The molecule has 1 saturated heterocycles. The number of rotatable bonds is 2. The van der Waals surface area contributed by atoms with Crippen LogP contribution in [-0.4, -0.2) is 26.3 Å². The van der Waals surface area contributed by atoms with Crippen LogP contribution in [0.3, 0.4) is 0 Å². The third-order valence-corrected chi connectivity index (χ3v) is 4.71. The molecule has 1 atom stereocenters. The van der Waals surface area contributed by atoms with Gasteiger partial charge in [-0.05, 0) is 52.4 Å². The van der Waals surface area contributed by atoms with E-state index in [1.807, 2.05) is 0 Å². The first kappa shape index (κ1) is 14.2. The topological polar surface area (TPSA) is 30.5 Å². The Bertz CT molecular complexity index is 496. The van der Waals surface area contributed by atoms with Gasteiger partial charge in [0.1, 0.15) is 0 Å². The highest BCUT2D eigenvalue weighted by molar-refractivity contribution is 9.10. The minimum absolute atomic E-state index is 0.439. The van der Waals surface area contributed by atoms with Gasteiger partial charge in [0.2, 0.25) is 0 Å². The van der Waals surface area contributed by atoms with Crippen LogP contribution in [-0.2, 0) is 0 Å². The molecule has 1 aromatic carbocycles. The highest BCUT2D eigenvalue weighted by atomic mass is 79.9. The van der Waals surface area contributed by atoms with E-state index in [1.165, 1.54) is 17.5 Å². The monoisotopic (exact) mass is 339 g/mol. The maximum absolute atomic E-state index is 6.05. The Kier molecular flexibility index (Phi) is 4.22. The maximum Gasteiger partial charge on any atom is 0.175 e. The third-order valence-electron chi connectivity index (χ3n) is 4.12. The Hall–Kier alpha value is -0.740. The fourth-order valence-electron chi connectivity index (χ4n) is 3.18. The smallest absolute Gasteiger partial charge is 0.175 e. The molecule has 0 saturated carbocycles. The average molecular weight is 340 g/mol. The van der Waals surface area contributed by atoms with Crippen LogP contribution in [0.5, 0.6) is 11.5 Å². The van der Waals surface area contributed by atoms with Crippen molar-refractivity contribution in [1.29, 1.82) is 0 Å². The van der Waals surface area contributed by atoms with Gasteiger partial charge in [0, 0.05) is 18.5 Å². The van der Waals surface area contributed by atoms with E-state index in [1.54, 1.807) is 0 Å². The molecule has 2 aliphatic heterocycles. The summed E-state index contributed by atoms with van der Waals surface area (Å²) in [5.74, 6) is 2.88. The second-order valence-corrected chi connectivity index (χ2v) is 6.77. The van der Waals surface area contributed by atoms with Crippen LogP contribution < -0.4 is 14.8 Å². The van der Waals surface area contributed by atoms with E-state index in [0.29, 0.717) is 11.8 Å². The summed E-state index contributed by atoms with van der Waals surface area (Å²) >= 11 is 3.67. The second kappa shape index (κ2) is 5.94. The van der Waals surface area contributed by atoms with Crippen molar-refractivity contribution in [3.63, 3.8) is 0 Å². The van der Waals surface area contributed by atoms with Gasteiger partial charge in [-0.3, -0.25) is 0 Å². The quantitative estimate of drug-likeness (QED) is 0.888. The van der Waals surface area contributed by atoms with Gasteiger partial charge in [-0.2, -0.15) is 0 Å². The van der Waals surface area contributed by atoms with Crippen LogP contribution in [0.25, 0.3) is 0 Å². The predicted molar refractivity (Wildman–Crippen MR) is 84.1 cm³/mol. The molecule has 0 aliphatic carbocycles. The first-order valence-corrected chi connectivity index (χ1v) is 8.30. The third kappa shape index (κ3) is 2.56. The van der Waals surface area contributed by atoms with Crippen LogP contribution in [0.15, 0.2) is 10.5 Å². The van der Waals surface area contributed by atoms with E-state index >= 15 is 0 Å². The number of hydrogen-bond donors (Lipinski definition) is 1. The molecule has 0 bridgehead atoms. The summed E-state index contributed by atoms with van der Waals surface area (Å²) in [6, 6.07) is 2.25. The zero-order valence-electron chi connectivity index (χ0n) is 12.2. The molecular weight excluding hydrogens is 318 g/mol. The molecule has 1 fully saturated rings. The van der Waals surface area contributed by atoms with Crippen molar-refractivity contribution < 1.29 is 9.47 Å². The Morgan fingerprint density at radius 1 is 1.25 bits per heavy atom. The minimum atomic E-state index is 0.439. The van der Waals surface area contributed by atoms with E-state index in [0.717, 1.165) is 48.7 Å². The van der Waals surface area contributed by atoms with Crippen LogP contribution in [0.2, 0.25) is 0 Å². The summed E-state index contributed by atoms with van der Waals surface area (Å²) in [6.07, 6.45) is 2.14. The normalized spacial score (nSPS) is 22.1. The first-order valence-electron chi connectivity index (χ1n) is 7.51. The van der Waals surface area contributed by atoms with Gasteiger partial charge in [-0.1, -0.05) is 13.8 Å². The molecule has 1 N–H and O–H groups in total. The molecule has 4 heteroatoms. The summed E-state index contributed by atoms with van der Waals surface area (Å²) in [4.78, 5) is 0. The van der Waals surface area contributed by atoms with Gasteiger partial charge in [0.15, 0.2) is 11.5 Å². The number of nitrogens with one attached hydrogen (secondary N) is 1. The van der Waals surface area contributed by atoms with Crippen LogP contribution in [0, 0.1) is 0 Å². The highest BCUT2D eigenvalue weighted by Crippen LogP contribution is 2.47. The summed E-state index contributed by atoms with van der Waals surface area (Å²) in [5.41, 5.74) is 2.75. The summed E-state index contributed by atoms with van der Waals surface area (Å²) < 4.78 is 13.0. The Morgan fingerprint density at radius 3 is 2.65 bits per heavy atom. The molecule has 3 nitrogen and oxygen atoms in total. The lowest BCUT2D eigenvalue weighted by Gasteiger charge is -2.23. The lowest BCUT2D eigenvalue weighted by Crippen LogP contribution is -2.11. The number of hydrogen-bond acceptors (Lipinski definition) is 3. The van der Waals surface area contributed by atoms with Crippen molar-refractivity contribution in [3.05, 3.63) is 21.7 Å². The summed E-state index contributed by atoms with van der Waals surface area (Å²) in [5, 5.41) is 3.46. The van der Waals surface area contributed by atoms with Crippen molar-refractivity contribution in [2.45, 2.75) is 38.5 Å². The number of halogens is 1. The van der Waals surface area contributed by atoms with Crippen molar-refractivity contribution >= 4 is 15.9 Å². The predicted octanol–water partition coefficient (Wildman–Crippen LogP) is 3.81. The molecule has 20 heavy (non-hydrogen) atoms. The molecule has 0 aromatic heterocycles. The minimum Gasteiger partial charge on any atom is -0.489 e. The lowest BCUT2D eigenvalue weighted by atomic mass is 9.87. The molecule has 0 spiro atoms. The highest BCUT2D eigenvalue weighted by Gasteiger charge is 2.28. The molecule has 1 aromatic rings. The summed E-state index contributed by atoms with van der Waals surface area (Å²) in [6.45, 7) is 8.12. The van der Waals surface area contributed by atoms with Crippen molar-refractivity contribution in [2.24, 2.45) is 0 Å². The molecule has 110 valence electrons. The van der Waals surface area contributed by atoms with Crippen molar-refractivity contribution in [2.75, 3.05) is 26.3 Å². The SMILES string of the molecule is CC(C)c1c(C2CCNC2)cc(Br)c2c1OCCCO2. The lowest BCUT2D eigenvalue weighted by molar-refractivity contribution is 0.295. The fraction of sp³-hybridized carbons (Fsp3) is 0.625. The van der Waals surface area contributed by atoms with Gasteiger partial charge < -0.3 is 14.8 Å². The average Bonchev–Trinajstić information content (AvgIpc) is 2.83. The number of fused-ring (bicyclic) bond motifs is 1.